The Morgan fingerprint density at radius 1 is 1.40 bits per heavy atom. The third-order valence-corrected chi connectivity index (χ3v) is 5.69. The van der Waals surface area contributed by atoms with Crippen LogP contribution >= 0.6 is 0 Å². The van der Waals surface area contributed by atoms with Gasteiger partial charge in [-0.3, -0.25) is 4.79 Å². The second kappa shape index (κ2) is 6.17. The molecule has 1 aliphatic heterocycles. The maximum Gasteiger partial charge on any atom is 0.408 e. The van der Waals surface area contributed by atoms with E-state index >= 15 is 0 Å². The van der Waals surface area contributed by atoms with Crippen molar-refractivity contribution in [3.8, 4) is 6.07 Å². The molecular weight excluding hydrogens is 322 g/mol. The molecule has 3 rings (SSSR count). The molecule has 1 saturated heterocycles. The van der Waals surface area contributed by atoms with Crippen LogP contribution in [0.3, 0.4) is 0 Å². The van der Waals surface area contributed by atoms with Crippen molar-refractivity contribution < 1.29 is 19.4 Å². The number of aliphatic hydroxyl groups excluding tert-OH is 1. The summed E-state index contributed by atoms with van der Waals surface area (Å²) in [5.41, 5.74) is -1.32. The Balaban J connectivity index is 1.80. The highest BCUT2D eigenvalue weighted by atomic mass is 16.6. The zero-order chi connectivity index (χ0) is 18.4. The maximum atomic E-state index is 13.2. The summed E-state index contributed by atoms with van der Waals surface area (Å²) in [5, 5.41) is 22.0. The maximum absolute atomic E-state index is 13.2. The molecule has 0 spiro atoms. The summed E-state index contributed by atoms with van der Waals surface area (Å²) in [4.78, 5) is 27.2. The number of rotatable bonds is 4. The third-order valence-electron chi connectivity index (χ3n) is 5.69. The van der Waals surface area contributed by atoms with Gasteiger partial charge in [-0.2, -0.15) is 5.26 Å². The number of amides is 2. The summed E-state index contributed by atoms with van der Waals surface area (Å²) in [5.74, 6) is 0.151. The van der Waals surface area contributed by atoms with Crippen LogP contribution in [-0.4, -0.2) is 52.3 Å². The van der Waals surface area contributed by atoms with Gasteiger partial charge in [-0.15, -0.1) is 0 Å². The number of alkyl carbamates (subject to hydrolysis) is 1. The summed E-state index contributed by atoms with van der Waals surface area (Å²) in [6.07, 6.45) is 3.23. The average Bonchev–Trinajstić information content (AvgIpc) is 3.13. The van der Waals surface area contributed by atoms with Gasteiger partial charge in [0.15, 0.2) is 0 Å². The highest BCUT2D eigenvalue weighted by molar-refractivity contribution is 5.88. The van der Waals surface area contributed by atoms with Crippen LogP contribution in [-0.2, 0) is 9.53 Å². The zero-order valence-electron chi connectivity index (χ0n) is 15.1. The lowest BCUT2D eigenvalue weighted by molar-refractivity contribution is -0.142. The molecule has 138 valence electrons. The number of hydrogen-bond acceptors (Lipinski definition) is 5. The van der Waals surface area contributed by atoms with Crippen molar-refractivity contribution in [3.05, 3.63) is 0 Å². The number of carbonyl (C=O) groups is 2. The summed E-state index contributed by atoms with van der Waals surface area (Å²) >= 11 is 0. The summed E-state index contributed by atoms with van der Waals surface area (Å²) in [6.45, 7) is 5.11. The van der Waals surface area contributed by atoms with Gasteiger partial charge in [0, 0.05) is 11.5 Å². The summed E-state index contributed by atoms with van der Waals surface area (Å²) in [6, 6.07) is 1.03. The average molecular weight is 349 g/mol. The first-order valence-electron chi connectivity index (χ1n) is 9.03. The fourth-order valence-corrected chi connectivity index (χ4v) is 4.11. The zero-order valence-corrected chi connectivity index (χ0v) is 15.1. The van der Waals surface area contributed by atoms with E-state index in [0.717, 1.165) is 12.8 Å². The number of aliphatic hydroxyl groups is 1. The second-order valence-corrected chi connectivity index (χ2v) is 8.64. The topological polar surface area (TPSA) is 103 Å². The Morgan fingerprint density at radius 3 is 2.56 bits per heavy atom. The number of carbonyl (C=O) groups excluding carboxylic acids is 2. The van der Waals surface area contributed by atoms with Crippen molar-refractivity contribution in [2.45, 2.75) is 76.6 Å². The van der Waals surface area contributed by atoms with Crippen LogP contribution in [0.2, 0.25) is 0 Å². The lowest BCUT2D eigenvalue weighted by Crippen LogP contribution is -2.62. The fraction of sp³-hybridized carbons (Fsp3) is 0.833. The van der Waals surface area contributed by atoms with Crippen molar-refractivity contribution in [3.63, 3.8) is 0 Å². The fourth-order valence-electron chi connectivity index (χ4n) is 4.11. The number of piperidine rings is 1. The van der Waals surface area contributed by atoms with E-state index in [9.17, 15) is 20.0 Å². The number of ether oxygens (including phenoxy) is 1. The van der Waals surface area contributed by atoms with Gasteiger partial charge >= 0.3 is 6.09 Å². The Bertz CT molecular complexity index is 597. The minimum atomic E-state index is -0.851. The van der Waals surface area contributed by atoms with Crippen LogP contribution in [0.5, 0.6) is 0 Å². The Morgan fingerprint density at radius 2 is 2.08 bits per heavy atom. The molecule has 2 unspecified atom stereocenters. The normalized spacial score (nSPS) is 30.5. The van der Waals surface area contributed by atoms with Gasteiger partial charge in [0.1, 0.15) is 17.7 Å². The molecule has 7 heteroatoms. The standard InChI is InChI=1S/C18H27N3O4/c1-17(2,3)25-16(24)20-14(18(10-22)5-4-6-18)15(23)21-12(9-19)7-11-8-13(11)21/h11-14,22H,4-8,10H2,1-3H3,(H,20,24)/t11-,12+,13?,14?/m1/s1. The van der Waals surface area contributed by atoms with Crippen LogP contribution in [0.15, 0.2) is 0 Å². The predicted octanol–water partition coefficient (Wildman–Crippen LogP) is 1.56. The molecular formula is C18H27N3O4. The lowest BCUT2D eigenvalue weighted by Gasteiger charge is -2.47. The second-order valence-electron chi connectivity index (χ2n) is 8.64. The first-order valence-corrected chi connectivity index (χ1v) is 9.03. The number of nitrogens with one attached hydrogen (secondary N) is 1. The Kier molecular flexibility index (Phi) is 4.44. The van der Waals surface area contributed by atoms with Gasteiger partial charge in [-0.05, 0) is 52.4 Å². The molecule has 0 aromatic carbocycles. The van der Waals surface area contributed by atoms with E-state index in [2.05, 4.69) is 11.4 Å². The van der Waals surface area contributed by atoms with Crippen LogP contribution in [0, 0.1) is 22.7 Å². The molecule has 2 saturated carbocycles. The number of hydrogen-bond donors (Lipinski definition) is 2. The number of likely N-dealkylation sites (tertiary alicyclic amines) is 1. The molecule has 0 aromatic heterocycles. The van der Waals surface area contributed by atoms with Gasteiger partial charge < -0.3 is 20.1 Å². The van der Waals surface area contributed by atoms with Crippen LogP contribution in [0.1, 0.15) is 52.9 Å². The van der Waals surface area contributed by atoms with Gasteiger partial charge in [-0.1, -0.05) is 6.42 Å². The molecule has 0 radical (unpaired) electrons. The van der Waals surface area contributed by atoms with E-state index in [0.29, 0.717) is 25.2 Å². The van der Waals surface area contributed by atoms with Crippen molar-refractivity contribution in [1.29, 1.82) is 5.26 Å². The highest BCUT2D eigenvalue weighted by Crippen LogP contribution is 2.50. The molecule has 25 heavy (non-hydrogen) atoms. The van der Waals surface area contributed by atoms with Crippen LogP contribution in [0.25, 0.3) is 0 Å². The quantitative estimate of drug-likeness (QED) is 0.802. The van der Waals surface area contributed by atoms with Crippen LogP contribution < -0.4 is 5.32 Å². The van der Waals surface area contributed by atoms with E-state index in [1.807, 2.05) is 0 Å². The van der Waals surface area contributed by atoms with Crippen LogP contribution in [0.4, 0.5) is 4.79 Å². The first-order chi connectivity index (χ1) is 11.7. The van der Waals surface area contributed by atoms with Crippen molar-refractivity contribution in [1.82, 2.24) is 10.2 Å². The summed E-state index contributed by atoms with van der Waals surface area (Å²) in [7, 11) is 0. The van der Waals surface area contributed by atoms with Gasteiger partial charge in [0.05, 0.1) is 12.7 Å². The molecule has 2 N–H and O–H groups in total. The SMILES string of the molecule is CC(C)(C)OC(=O)NC(C(=O)N1C2C[C@H]2C[C@H]1C#N)C1(CO)CCC1. The van der Waals surface area contributed by atoms with Gasteiger partial charge in [0.2, 0.25) is 5.91 Å². The van der Waals surface area contributed by atoms with E-state index in [1.165, 1.54) is 0 Å². The van der Waals surface area contributed by atoms with E-state index in [-0.39, 0.29) is 18.6 Å². The lowest BCUT2D eigenvalue weighted by atomic mass is 9.64. The molecule has 4 atom stereocenters. The van der Waals surface area contributed by atoms with E-state index in [1.54, 1.807) is 25.7 Å². The molecule has 3 fully saturated rings. The molecule has 0 aromatic rings. The predicted molar refractivity (Wildman–Crippen MR) is 89.3 cm³/mol. The van der Waals surface area contributed by atoms with Gasteiger partial charge in [-0.25, -0.2) is 4.79 Å². The minimum Gasteiger partial charge on any atom is -0.444 e. The van der Waals surface area contributed by atoms with Crippen molar-refractivity contribution in [2.24, 2.45) is 11.3 Å². The van der Waals surface area contributed by atoms with Crippen molar-refractivity contribution in [2.75, 3.05) is 6.61 Å². The molecule has 2 amide bonds. The highest BCUT2D eigenvalue weighted by Gasteiger charge is 2.58. The third kappa shape index (κ3) is 3.32. The molecule has 2 aliphatic carbocycles. The minimum absolute atomic E-state index is 0.107. The Labute approximate surface area is 148 Å². The van der Waals surface area contributed by atoms with Crippen molar-refractivity contribution >= 4 is 12.0 Å². The largest absolute Gasteiger partial charge is 0.444 e. The monoisotopic (exact) mass is 349 g/mol. The van der Waals surface area contributed by atoms with E-state index in [4.69, 9.17) is 4.74 Å². The molecule has 1 heterocycles. The first kappa shape index (κ1) is 18.0. The van der Waals surface area contributed by atoms with E-state index < -0.39 is 29.2 Å². The smallest absolute Gasteiger partial charge is 0.408 e. The number of nitrogens with zero attached hydrogens (tertiary/aromatic N) is 2. The number of fused-ring (bicyclic) bond motifs is 1. The Hall–Kier alpha value is -1.81. The molecule has 3 aliphatic rings. The summed E-state index contributed by atoms with van der Waals surface area (Å²) < 4.78 is 5.31. The molecule has 7 nitrogen and oxygen atoms in total. The number of nitriles is 1. The molecule has 0 bridgehead atoms. The van der Waals surface area contributed by atoms with Gasteiger partial charge in [0.25, 0.3) is 0 Å².